The Morgan fingerprint density at radius 1 is 1.33 bits per heavy atom. The van der Waals surface area contributed by atoms with Crippen LogP contribution in [-0.4, -0.2) is 43.4 Å². The second kappa shape index (κ2) is 5.61. The Hall–Kier alpha value is -2.28. The third-order valence-corrected chi connectivity index (χ3v) is 3.67. The Morgan fingerprint density at radius 3 is 2.76 bits per heavy atom. The molecule has 1 fully saturated rings. The molecule has 110 valence electrons. The van der Waals surface area contributed by atoms with Gasteiger partial charge in [0, 0.05) is 12.1 Å². The van der Waals surface area contributed by atoms with E-state index in [-0.39, 0.29) is 19.0 Å². The zero-order chi connectivity index (χ0) is 14.7. The van der Waals surface area contributed by atoms with Crippen LogP contribution >= 0.6 is 0 Å². The van der Waals surface area contributed by atoms with Crippen molar-refractivity contribution < 1.29 is 9.90 Å². The van der Waals surface area contributed by atoms with Crippen molar-refractivity contribution in [1.82, 2.24) is 25.5 Å². The number of amides is 1. The van der Waals surface area contributed by atoms with E-state index in [1.165, 1.54) is 4.80 Å². The van der Waals surface area contributed by atoms with E-state index in [0.717, 1.165) is 24.8 Å². The van der Waals surface area contributed by atoms with Gasteiger partial charge >= 0.3 is 0 Å². The fourth-order valence-electron chi connectivity index (χ4n) is 2.22. The number of carbonyl (C=O) groups is 1. The molecule has 3 rings (SSSR count). The van der Waals surface area contributed by atoms with Gasteiger partial charge in [-0.1, -0.05) is 30.3 Å². The molecule has 0 atom stereocenters. The minimum absolute atomic E-state index is 0.00405. The monoisotopic (exact) mass is 287 g/mol. The number of hydrogen-bond acceptors (Lipinski definition) is 5. The van der Waals surface area contributed by atoms with Crippen LogP contribution in [0.25, 0.3) is 11.4 Å². The van der Waals surface area contributed by atoms with Gasteiger partial charge in [-0.3, -0.25) is 4.79 Å². The molecule has 1 aliphatic rings. The highest BCUT2D eigenvalue weighted by Gasteiger charge is 2.34. The van der Waals surface area contributed by atoms with Crippen LogP contribution in [0.15, 0.2) is 30.3 Å². The summed E-state index contributed by atoms with van der Waals surface area (Å²) in [6, 6.07) is 9.46. The fourth-order valence-corrected chi connectivity index (χ4v) is 2.22. The molecule has 1 heterocycles. The van der Waals surface area contributed by atoms with Gasteiger partial charge in [-0.05, 0) is 24.5 Å². The normalized spacial score (nSPS) is 16.2. The fraction of sp³-hybridized carbons (Fsp3) is 0.429. The largest absolute Gasteiger partial charge is 0.388 e. The zero-order valence-corrected chi connectivity index (χ0v) is 11.6. The maximum Gasteiger partial charge on any atom is 0.243 e. The SMILES string of the molecule is O=C(Cn1nnc(-c2ccccc2)n1)NCC1(O)CCC1. The Kier molecular flexibility index (Phi) is 3.66. The standard InChI is InChI=1S/C14H17N5O2/c20-12(15-10-14(21)7-4-8-14)9-19-17-13(16-18-19)11-5-2-1-3-6-11/h1-3,5-6,21H,4,7-10H2,(H,15,20). The number of nitrogens with zero attached hydrogens (tertiary/aromatic N) is 4. The average molecular weight is 287 g/mol. The van der Waals surface area contributed by atoms with Gasteiger partial charge in [-0.25, -0.2) is 0 Å². The lowest BCUT2D eigenvalue weighted by molar-refractivity contribution is -0.124. The van der Waals surface area contributed by atoms with E-state index < -0.39 is 5.60 Å². The van der Waals surface area contributed by atoms with Gasteiger partial charge in [0.15, 0.2) is 0 Å². The molecule has 1 aromatic heterocycles. The molecule has 1 saturated carbocycles. The van der Waals surface area contributed by atoms with E-state index in [2.05, 4.69) is 20.7 Å². The predicted octanol–water partition coefficient (Wildman–Crippen LogP) is 0.371. The van der Waals surface area contributed by atoms with Crippen LogP contribution in [0, 0.1) is 0 Å². The maximum atomic E-state index is 11.8. The van der Waals surface area contributed by atoms with Gasteiger partial charge in [-0.2, -0.15) is 4.80 Å². The van der Waals surface area contributed by atoms with Crippen molar-refractivity contribution in [2.24, 2.45) is 0 Å². The lowest BCUT2D eigenvalue weighted by Gasteiger charge is -2.36. The molecule has 0 bridgehead atoms. The Bertz CT molecular complexity index is 621. The van der Waals surface area contributed by atoms with E-state index in [4.69, 9.17) is 0 Å². The minimum Gasteiger partial charge on any atom is -0.388 e. The molecule has 0 spiro atoms. The third kappa shape index (κ3) is 3.25. The van der Waals surface area contributed by atoms with Crippen molar-refractivity contribution in [1.29, 1.82) is 0 Å². The summed E-state index contributed by atoms with van der Waals surface area (Å²) in [5.41, 5.74) is 0.133. The van der Waals surface area contributed by atoms with Crippen LogP contribution in [0.2, 0.25) is 0 Å². The topological polar surface area (TPSA) is 92.9 Å². The van der Waals surface area contributed by atoms with Gasteiger partial charge in [0.05, 0.1) is 5.60 Å². The lowest BCUT2D eigenvalue weighted by Crippen LogP contribution is -2.48. The lowest BCUT2D eigenvalue weighted by atomic mass is 9.80. The summed E-state index contributed by atoms with van der Waals surface area (Å²) < 4.78 is 0. The van der Waals surface area contributed by atoms with Gasteiger partial charge in [0.1, 0.15) is 6.54 Å². The molecule has 7 nitrogen and oxygen atoms in total. The van der Waals surface area contributed by atoms with E-state index >= 15 is 0 Å². The highest BCUT2D eigenvalue weighted by atomic mass is 16.3. The molecule has 1 amide bonds. The summed E-state index contributed by atoms with van der Waals surface area (Å²) >= 11 is 0. The number of hydrogen-bond donors (Lipinski definition) is 2. The summed E-state index contributed by atoms with van der Waals surface area (Å²) in [6.45, 7) is 0.280. The Morgan fingerprint density at radius 2 is 2.10 bits per heavy atom. The first-order valence-electron chi connectivity index (χ1n) is 6.97. The first-order valence-corrected chi connectivity index (χ1v) is 6.97. The molecule has 1 aromatic carbocycles. The molecule has 21 heavy (non-hydrogen) atoms. The highest BCUT2D eigenvalue weighted by Crippen LogP contribution is 2.30. The molecule has 0 aliphatic heterocycles. The molecule has 2 N–H and O–H groups in total. The second-order valence-electron chi connectivity index (χ2n) is 5.36. The molecular formula is C14H17N5O2. The number of carbonyl (C=O) groups excluding carboxylic acids is 1. The summed E-state index contributed by atoms with van der Waals surface area (Å²) in [5.74, 6) is 0.258. The van der Waals surface area contributed by atoms with Gasteiger partial charge < -0.3 is 10.4 Å². The van der Waals surface area contributed by atoms with Crippen molar-refractivity contribution in [3.8, 4) is 11.4 Å². The van der Waals surface area contributed by atoms with E-state index in [9.17, 15) is 9.90 Å². The summed E-state index contributed by atoms with van der Waals surface area (Å²) in [5, 5.41) is 24.6. The van der Waals surface area contributed by atoms with E-state index in [1.807, 2.05) is 30.3 Å². The van der Waals surface area contributed by atoms with Crippen LogP contribution in [0.1, 0.15) is 19.3 Å². The number of aliphatic hydroxyl groups is 1. The summed E-state index contributed by atoms with van der Waals surface area (Å²) in [4.78, 5) is 13.0. The quantitative estimate of drug-likeness (QED) is 0.829. The predicted molar refractivity (Wildman–Crippen MR) is 75.1 cm³/mol. The number of aromatic nitrogens is 4. The number of nitrogens with one attached hydrogen (secondary N) is 1. The number of benzene rings is 1. The van der Waals surface area contributed by atoms with E-state index in [1.54, 1.807) is 0 Å². The van der Waals surface area contributed by atoms with Gasteiger partial charge in [0.25, 0.3) is 0 Å². The smallest absolute Gasteiger partial charge is 0.243 e. The van der Waals surface area contributed by atoms with Crippen LogP contribution in [0.4, 0.5) is 0 Å². The molecule has 0 unspecified atom stereocenters. The Labute approximate surface area is 122 Å². The maximum absolute atomic E-state index is 11.8. The first-order chi connectivity index (χ1) is 10.1. The second-order valence-corrected chi connectivity index (χ2v) is 5.36. The van der Waals surface area contributed by atoms with Gasteiger partial charge in [-0.15, -0.1) is 10.2 Å². The Balaban J connectivity index is 1.56. The van der Waals surface area contributed by atoms with Crippen molar-refractivity contribution in [2.75, 3.05) is 6.54 Å². The average Bonchev–Trinajstić information content (AvgIpc) is 2.92. The number of rotatable bonds is 5. The van der Waals surface area contributed by atoms with Crippen molar-refractivity contribution in [3.63, 3.8) is 0 Å². The first kappa shape index (κ1) is 13.7. The third-order valence-electron chi connectivity index (χ3n) is 3.67. The molecular weight excluding hydrogens is 270 g/mol. The number of tetrazole rings is 1. The van der Waals surface area contributed by atoms with Crippen LogP contribution in [0.5, 0.6) is 0 Å². The highest BCUT2D eigenvalue weighted by molar-refractivity contribution is 5.75. The minimum atomic E-state index is -0.722. The van der Waals surface area contributed by atoms with Crippen molar-refractivity contribution in [3.05, 3.63) is 30.3 Å². The van der Waals surface area contributed by atoms with E-state index in [0.29, 0.717) is 5.82 Å². The molecule has 0 radical (unpaired) electrons. The molecule has 7 heteroatoms. The molecule has 0 saturated heterocycles. The van der Waals surface area contributed by atoms with Crippen LogP contribution in [0.3, 0.4) is 0 Å². The molecule has 1 aliphatic carbocycles. The van der Waals surface area contributed by atoms with Gasteiger partial charge in [0.2, 0.25) is 11.7 Å². The van der Waals surface area contributed by atoms with Crippen molar-refractivity contribution in [2.45, 2.75) is 31.4 Å². The van der Waals surface area contributed by atoms with Crippen LogP contribution < -0.4 is 5.32 Å². The zero-order valence-electron chi connectivity index (χ0n) is 11.6. The molecule has 2 aromatic rings. The van der Waals surface area contributed by atoms with Crippen LogP contribution in [-0.2, 0) is 11.3 Å². The van der Waals surface area contributed by atoms with Crippen molar-refractivity contribution >= 4 is 5.91 Å². The summed E-state index contributed by atoms with van der Waals surface area (Å²) in [7, 11) is 0. The summed E-state index contributed by atoms with van der Waals surface area (Å²) in [6.07, 6.45) is 2.50.